The summed E-state index contributed by atoms with van der Waals surface area (Å²) in [5, 5.41) is 5.10. The maximum Gasteiger partial charge on any atom is 0.408 e. The first-order valence-electron chi connectivity index (χ1n) is 7.26. The second-order valence-corrected chi connectivity index (χ2v) is 7.05. The van der Waals surface area contributed by atoms with Crippen molar-refractivity contribution in [2.45, 2.75) is 53.2 Å². The molecule has 0 aliphatic rings. The van der Waals surface area contributed by atoms with E-state index in [0.29, 0.717) is 11.6 Å². The van der Waals surface area contributed by atoms with Crippen molar-refractivity contribution in [3.05, 3.63) is 16.1 Å². The van der Waals surface area contributed by atoms with Gasteiger partial charge >= 0.3 is 12.1 Å². The number of carbonyl (C=O) groups excluding carboxylic acids is 2. The normalized spacial score (nSPS) is 12.9. The van der Waals surface area contributed by atoms with Crippen molar-refractivity contribution in [3.63, 3.8) is 0 Å². The second kappa shape index (κ2) is 7.58. The molecular formula is C15H24N2O4S. The minimum atomic E-state index is -0.565. The number of rotatable bonds is 5. The third-order valence-electron chi connectivity index (χ3n) is 2.61. The van der Waals surface area contributed by atoms with E-state index in [0.717, 1.165) is 0 Å². The molecule has 0 saturated heterocycles. The highest BCUT2D eigenvalue weighted by atomic mass is 32.1. The molecule has 1 amide bonds. The van der Waals surface area contributed by atoms with Gasteiger partial charge in [-0.1, -0.05) is 13.8 Å². The first-order valence-corrected chi connectivity index (χ1v) is 8.14. The summed E-state index contributed by atoms with van der Waals surface area (Å²) in [7, 11) is 0. The lowest BCUT2D eigenvalue weighted by Gasteiger charge is -2.24. The Balaban J connectivity index is 2.84. The molecule has 0 aromatic carbocycles. The molecule has 7 heteroatoms. The fourth-order valence-electron chi connectivity index (χ4n) is 1.68. The fourth-order valence-corrected chi connectivity index (χ4v) is 2.69. The average Bonchev–Trinajstić information content (AvgIpc) is 2.83. The van der Waals surface area contributed by atoms with Crippen LogP contribution >= 0.6 is 11.3 Å². The van der Waals surface area contributed by atoms with Gasteiger partial charge in [0.2, 0.25) is 0 Å². The maximum absolute atomic E-state index is 11.9. The molecule has 1 atom stereocenters. The van der Waals surface area contributed by atoms with Gasteiger partial charge in [-0.15, -0.1) is 11.3 Å². The van der Waals surface area contributed by atoms with Crippen LogP contribution in [0.3, 0.4) is 0 Å². The standard InChI is InChI=1S/C15H24N2O4S/c1-7-20-13(18)10-8-22-12(16-10)11(9(2)3)17-14(19)21-15(4,5)6/h8-9,11H,7H2,1-6H3,(H,17,19)/t11-/m0/s1. The lowest BCUT2D eigenvalue weighted by Crippen LogP contribution is -2.36. The average molecular weight is 328 g/mol. The van der Waals surface area contributed by atoms with Gasteiger partial charge < -0.3 is 14.8 Å². The smallest absolute Gasteiger partial charge is 0.408 e. The largest absolute Gasteiger partial charge is 0.461 e. The van der Waals surface area contributed by atoms with Gasteiger partial charge in [0.25, 0.3) is 0 Å². The quantitative estimate of drug-likeness (QED) is 0.837. The van der Waals surface area contributed by atoms with E-state index >= 15 is 0 Å². The number of ether oxygens (including phenoxy) is 2. The number of esters is 1. The topological polar surface area (TPSA) is 77.5 Å². The van der Waals surface area contributed by atoms with Crippen molar-refractivity contribution in [2.75, 3.05) is 6.61 Å². The van der Waals surface area contributed by atoms with Gasteiger partial charge in [-0.3, -0.25) is 0 Å². The van der Waals surface area contributed by atoms with E-state index in [4.69, 9.17) is 9.47 Å². The van der Waals surface area contributed by atoms with E-state index < -0.39 is 17.7 Å². The van der Waals surface area contributed by atoms with E-state index in [1.54, 1.807) is 33.1 Å². The van der Waals surface area contributed by atoms with Crippen LogP contribution in [0.1, 0.15) is 63.1 Å². The predicted octanol–water partition coefficient (Wildman–Crippen LogP) is 3.54. The predicted molar refractivity (Wildman–Crippen MR) is 85.0 cm³/mol. The Labute approximate surface area is 135 Å². The van der Waals surface area contributed by atoms with Gasteiger partial charge in [-0.25, -0.2) is 14.6 Å². The molecule has 0 bridgehead atoms. The Hall–Kier alpha value is -1.63. The minimum Gasteiger partial charge on any atom is -0.461 e. The Bertz CT molecular complexity index is 520. The summed E-state index contributed by atoms with van der Waals surface area (Å²) in [5.41, 5.74) is -0.302. The van der Waals surface area contributed by atoms with Crippen LogP contribution in [0.4, 0.5) is 4.79 Å². The first kappa shape index (κ1) is 18.4. The highest BCUT2D eigenvalue weighted by molar-refractivity contribution is 7.09. The highest BCUT2D eigenvalue weighted by Crippen LogP contribution is 2.26. The third-order valence-corrected chi connectivity index (χ3v) is 3.54. The number of aromatic nitrogens is 1. The molecule has 22 heavy (non-hydrogen) atoms. The SMILES string of the molecule is CCOC(=O)c1csc([C@@H](NC(=O)OC(C)(C)C)C(C)C)n1. The summed E-state index contributed by atoms with van der Waals surface area (Å²) in [5.74, 6) is -0.349. The molecule has 0 radical (unpaired) electrons. The van der Waals surface area contributed by atoms with Crippen LogP contribution in [0.15, 0.2) is 5.38 Å². The zero-order valence-corrected chi connectivity index (χ0v) is 14.7. The number of carbonyl (C=O) groups is 2. The van der Waals surface area contributed by atoms with Crippen molar-refractivity contribution in [1.29, 1.82) is 0 Å². The number of nitrogens with zero attached hydrogens (tertiary/aromatic N) is 1. The molecule has 1 N–H and O–H groups in total. The van der Waals surface area contributed by atoms with Gasteiger partial charge in [0.15, 0.2) is 5.69 Å². The van der Waals surface area contributed by atoms with Gasteiger partial charge in [-0.2, -0.15) is 0 Å². The molecule has 1 heterocycles. The summed E-state index contributed by atoms with van der Waals surface area (Å²) in [6.45, 7) is 11.4. The molecule has 0 saturated carbocycles. The van der Waals surface area contributed by atoms with E-state index in [1.807, 2.05) is 13.8 Å². The summed E-state index contributed by atoms with van der Waals surface area (Å²) >= 11 is 1.32. The fraction of sp³-hybridized carbons (Fsp3) is 0.667. The molecule has 124 valence electrons. The Morgan fingerprint density at radius 1 is 1.36 bits per heavy atom. The summed E-state index contributed by atoms with van der Waals surface area (Å²) in [4.78, 5) is 27.9. The Kier molecular flexibility index (Phi) is 6.34. The van der Waals surface area contributed by atoms with Crippen molar-refractivity contribution in [3.8, 4) is 0 Å². The van der Waals surface area contributed by atoms with Crippen molar-refractivity contribution < 1.29 is 19.1 Å². The molecule has 6 nitrogen and oxygen atoms in total. The molecule has 0 aliphatic carbocycles. The Morgan fingerprint density at radius 2 is 2.00 bits per heavy atom. The molecule has 0 spiro atoms. The molecule has 0 unspecified atom stereocenters. The van der Waals surface area contributed by atoms with Crippen molar-refractivity contribution in [2.24, 2.45) is 5.92 Å². The van der Waals surface area contributed by atoms with Crippen molar-refractivity contribution >= 4 is 23.4 Å². The van der Waals surface area contributed by atoms with Gasteiger partial charge in [0.1, 0.15) is 10.6 Å². The summed E-state index contributed by atoms with van der Waals surface area (Å²) < 4.78 is 10.2. The Morgan fingerprint density at radius 3 is 2.50 bits per heavy atom. The van der Waals surface area contributed by atoms with E-state index in [-0.39, 0.29) is 17.7 Å². The molecule has 1 aromatic rings. The number of amides is 1. The van der Waals surface area contributed by atoms with E-state index in [2.05, 4.69) is 10.3 Å². The van der Waals surface area contributed by atoms with Gasteiger partial charge in [-0.05, 0) is 33.6 Å². The zero-order chi connectivity index (χ0) is 16.9. The number of hydrogen-bond donors (Lipinski definition) is 1. The molecule has 1 aromatic heterocycles. The monoisotopic (exact) mass is 328 g/mol. The summed E-state index contributed by atoms with van der Waals surface area (Å²) in [6, 6.07) is -0.317. The van der Waals surface area contributed by atoms with Gasteiger partial charge in [0, 0.05) is 5.38 Å². The zero-order valence-electron chi connectivity index (χ0n) is 13.9. The summed E-state index contributed by atoms with van der Waals surface area (Å²) in [6.07, 6.45) is -0.501. The van der Waals surface area contributed by atoms with Crippen LogP contribution < -0.4 is 5.32 Å². The lowest BCUT2D eigenvalue weighted by molar-refractivity contribution is 0.0489. The van der Waals surface area contributed by atoms with Gasteiger partial charge in [0.05, 0.1) is 12.6 Å². The number of nitrogens with one attached hydrogen (secondary N) is 1. The number of hydrogen-bond acceptors (Lipinski definition) is 6. The lowest BCUT2D eigenvalue weighted by atomic mass is 10.1. The minimum absolute atomic E-state index is 0.105. The third kappa shape index (κ3) is 5.63. The van der Waals surface area contributed by atoms with Crippen LogP contribution in [0.5, 0.6) is 0 Å². The van der Waals surface area contributed by atoms with Crippen LogP contribution in [-0.4, -0.2) is 29.3 Å². The molecule has 0 fully saturated rings. The van der Waals surface area contributed by atoms with E-state index in [1.165, 1.54) is 11.3 Å². The maximum atomic E-state index is 11.9. The molecule has 1 rings (SSSR count). The second-order valence-electron chi connectivity index (χ2n) is 6.16. The number of alkyl carbamates (subject to hydrolysis) is 1. The highest BCUT2D eigenvalue weighted by Gasteiger charge is 2.26. The van der Waals surface area contributed by atoms with Crippen LogP contribution in [0.2, 0.25) is 0 Å². The van der Waals surface area contributed by atoms with Crippen LogP contribution in [0.25, 0.3) is 0 Å². The molecular weight excluding hydrogens is 304 g/mol. The number of thiazole rings is 1. The van der Waals surface area contributed by atoms with Crippen LogP contribution in [0, 0.1) is 5.92 Å². The van der Waals surface area contributed by atoms with Crippen molar-refractivity contribution in [1.82, 2.24) is 10.3 Å². The molecule has 0 aliphatic heterocycles. The van der Waals surface area contributed by atoms with Crippen LogP contribution in [-0.2, 0) is 9.47 Å². The first-order chi connectivity index (χ1) is 10.1. The van der Waals surface area contributed by atoms with E-state index in [9.17, 15) is 9.59 Å².